The van der Waals surface area contributed by atoms with Gasteiger partial charge >= 0.3 is 0 Å². The summed E-state index contributed by atoms with van der Waals surface area (Å²) < 4.78 is 8.66. The van der Waals surface area contributed by atoms with Crippen LogP contribution in [0.25, 0.3) is 16.7 Å². The number of fused-ring (bicyclic) bond motifs is 2. The molecule has 33 heavy (non-hydrogen) atoms. The molecule has 1 N–H and O–H groups in total. The van der Waals surface area contributed by atoms with E-state index in [1.54, 1.807) is 22.6 Å². The fraction of sp³-hybridized carbons (Fsp3) is 0.250. The predicted octanol–water partition coefficient (Wildman–Crippen LogP) is 3.88. The number of carbonyl (C=O) groups excluding carboxylic acids is 1. The van der Waals surface area contributed by atoms with E-state index in [2.05, 4.69) is 10.4 Å². The van der Waals surface area contributed by atoms with Gasteiger partial charge in [0.15, 0.2) is 10.8 Å². The monoisotopic (exact) mass is 461 g/mol. The molecular formula is C24H23N5O3S. The first-order valence-electron chi connectivity index (χ1n) is 10.6. The van der Waals surface area contributed by atoms with Crippen molar-refractivity contribution < 1.29 is 9.53 Å². The minimum atomic E-state index is -0.284. The number of methoxy groups -OCH3 is 1. The highest BCUT2D eigenvalue weighted by molar-refractivity contribution is 7.99. The zero-order valence-electron chi connectivity index (χ0n) is 18.5. The molecule has 1 aliphatic heterocycles. The van der Waals surface area contributed by atoms with Gasteiger partial charge in [-0.2, -0.15) is 5.10 Å². The van der Waals surface area contributed by atoms with E-state index >= 15 is 0 Å². The minimum absolute atomic E-state index is 0.163. The van der Waals surface area contributed by atoms with Crippen LogP contribution in [0.3, 0.4) is 0 Å². The molecule has 1 aliphatic rings. The van der Waals surface area contributed by atoms with E-state index in [0.29, 0.717) is 33.4 Å². The Bertz CT molecular complexity index is 1420. The maximum atomic E-state index is 13.3. The average Bonchev–Trinajstić information content (AvgIpc) is 3.39. The zero-order chi connectivity index (χ0) is 23.1. The molecule has 168 valence electrons. The summed E-state index contributed by atoms with van der Waals surface area (Å²) in [5.74, 6) is 1.02. The first-order valence-corrected chi connectivity index (χ1v) is 11.6. The number of rotatable bonds is 5. The molecule has 1 unspecified atom stereocenters. The number of aromatic nitrogens is 4. The average molecular weight is 462 g/mol. The number of carbonyl (C=O) groups is 1. The van der Waals surface area contributed by atoms with Crippen molar-refractivity contribution in [2.24, 2.45) is 0 Å². The minimum Gasteiger partial charge on any atom is -0.495 e. The summed E-state index contributed by atoms with van der Waals surface area (Å²) in [6.07, 6.45) is 1.71. The summed E-state index contributed by atoms with van der Waals surface area (Å²) in [5.41, 5.74) is 3.97. The second-order valence-electron chi connectivity index (χ2n) is 8.12. The van der Waals surface area contributed by atoms with Gasteiger partial charge in [0, 0.05) is 12.2 Å². The van der Waals surface area contributed by atoms with E-state index in [1.165, 1.54) is 11.8 Å². The summed E-state index contributed by atoms with van der Waals surface area (Å²) in [4.78, 5) is 30.9. The Kier molecular flexibility index (Phi) is 5.41. The van der Waals surface area contributed by atoms with E-state index in [4.69, 9.17) is 9.72 Å². The van der Waals surface area contributed by atoms with Crippen LogP contribution in [-0.2, 0) is 4.79 Å². The summed E-state index contributed by atoms with van der Waals surface area (Å²) in [6, 6.07) is 13.2. The van der Waals surface area contributed by atoms with Crippen LogP contribution in [0, 0.1) is 13.8 Å². The van der Waals surface area contributed by atoms with Gasteiger partial charge in [-0.05, 0) is 43.7 Å². The van der Waals surface area contributed by atoms with Crippen LogP contribution in [0.15, 0.2) is 58.6 Å². The smallest absolute Gasteiger partial charge is 0.265 e. The first kappa shape index (κ1) is 21.3. The lowest BCUT2D eigenvalue weighted by Gasteiger charge is -2.15. The van der Waals surface area contributed by atoms with E-state index in [-0.39, 0.29) is 23.9 Å². The van der Waals surface area contributed by atoms with Crippen LogP contribution in [-0.4, -0.2) is 38.1 Å². The van der Waals surface area contributed by atoms with Crippen LogP contribution in [0.2, 0.25) is 0 Å². The molecule has 1 atom stereocenters. The van der Waals surface area contributed by atoms with Gasteiger partial charge in [-0.3, -0.25) is 14.2 Å². The summed E-state index contributed by atoms with van der Waals surface area (Å²) >= 11 is 1.48. The second-order valence-corrected chi connectivity index (χ2v) is 9.11. The molecule has 9 heteroatoms. The van der Waals surface area contributed by atoms with Crippen molar-refractivity contribution in [1.82, 2.24) is 19.3 Å². The number of hydrogen-bond donors (Lipinski definition) is 1. The third kappa shape index (κ3) is 3.89. The summed E-state index contributed by atoms with van der Waals surface area (Å²) in [5, 5.41) is 8.37. The van der Waals surface area contributed by atoms with E-state index in [0.717, 1.165) is 16.8 Å². The zero-order valence-corrected chi connectivity index (χ0v) is 19.3. The largest absolute Gasteiger partial charge is 0.495 e. The van der Waals surface area contributed by atoms with Gasteiger partial charge in [0.05, 0.1) is 30.7 Å². The molecule has 1 amide bonds. The number of aryl methyl sites for hydroxylation is 2. The lowest BCUT2D eigenvalue weighted by atomic mass is 10.2. The van der Waals surface area contributed by atoms with Gasteiger partial charge in [0.25, 0.3) is 5.56 Å². The molecule has 2 aromatic carbocycles. The molecular weight excluding hydrogens is 438 g/mol. The maximum Gasteiger partial charge on any atom is 0.265 e. The lowest BCUT2D eigenvalue weighted by Crippen LogP contribution is -2.27. The quantitative estimate of drug-likeness (QED) is 0.454. The molecule has 8 nitrogen and oxygen atoms in total. The SMILES string of the molecule is COc1ccc(C)cc1NC(=O)CC1CSc2nc3c(cnn3-c3ccc(C)cc3)c(=O)n21. The molecule has 2 aromatic heterocycles. The van der Waals surface area contributed by atoms with Crippen molar-refractivity contribution in [1.29, 1.82) is 0 Å². The standard InChI is InChI=1S/C24H23N5O3S/c1-14-4-7-16(8-5-14)29-22-18(12-25-29)23(31)28-17(13-33-24(28)27-22)11-21(30)26-19-10-15(2)6-9-20(19)32-3/h4-10,12,17H,11,13H2,1-3H3,(H,26,30). The van der Waals surface area contributed by atoms with Crippen molar-refractivity contribution in [3.63, 3.8) is 0 Å². The van der Waals surface area contributed by atoms with Crippen molar-refractivity contribution in [3.8, 4) is 11.4 Å². The highest BCUT2D eigenvalue weighted by Gasteiger charge is 2.29. The number of hydrogen-bond acceptors (Lipinski definition) is 6. The normalized spacial score (nSPS) is 14.9. The lowest BCUT2D eigenvalue weighted by molar-refractivity contribution is -0.116. The predicted molar refractivity (Wildman–Crippen MR) is 129 cm³/mol. The van der Waals surface area contributed by atoms with Crippen molar-refractivity contribution in [2.75, 3.05) is 18.2 Å². The highest BCUT2D eigenvalue weighted by atomic mass is 32.2. The van der Waals surface area contributed by atoms with Gasteiger partial charge in [-0.25, -0.2) is 9.67 Å². The maximum absolute atomic E-state index is 13.3. The van der Waals surface area contributed by atoms with Gasteiger partial charge < -0.3 is 10.1 Å². The Labute approximate surface area is 194 Å². The number of nitrogens with zero attached hydrogens (tertiary/aromatic N) is 4. The van der Waals surface area contributed by atoms with Crippen molar-refractivity contribution >= 4 is 34.4 Å². The van der Waals surface area contributed by atoms with Crippen LogP contribution in [0.1, 0.15) is 23.6 Å². The molecule has 0 bridgehead atoms. The molecule has 0 fully saturated rings. The Morgan fingerprint density at radius 2 is 1.94 bits per heavy atom. The Balaban J connectivity index is 1.43. The third-order valence-electron chi connectivity index (χ3n) is 5.70. The Morgan fingerprint density at radius 3 is 2.70 bits per heavy atom. The fourth-order valence-corrected chi connectivity index (χ4v) is 5.12. The number of thioether (sulfide) groups is 1. The molecule has 0 aliphatic carbocycles. The molecule has 5 rings (SSSR count). The van der Waals surface area contributed by atoms with Crippen LogP contribution in [0.4, 0.5) is 5.69 Å². The van der Waals surface area contributed by atoms with E-state index < -0.39 is 0 Å². The molecule has 4 aromatic rings. The number of nitrogens with one attached hydrogen (secondary N) is 1. The van der Waals surface area contributed by atoms with Gasteiger partial charge in [0.1, 0.15) is 11.1 Å². The second kappa shape index (κ2) is 8.40. The molecule has 0 saturated carbocycles. The number of ether oxygens (including phenoxy) is 1. The number of amides is 1. The number of benzene rings is 2. The van der Waals surface area contributed by atoms with E-state index in [9.17, 15) is 9.59 Å². The summed E-state index contributed by atoms with van der Waals surface area (Å²) in [7, 11) is 1.57. The van der Waals surface area contributed by atoms with Crippen LogP contribution >= 0.6 is 11.8 Å². The van der Waals surface area contributed by atoms with Crippen LogP contribution < -0.4 is 15.6 Å². The van der Waals surface area contributed by atoms with Crippen molar-refractivity contribution in [2.45, 2.75) is 31.5 Å². The van der Waals surface area contributed by atoms with Crippen LogP contribution in [0.5, 0.6) is 5.75 Å². The first-order chi connectivity index (χ1) is 15.9. The third-order valence-corrected chi connectivity index (χ3v) is 6.80. The number of anilines is 1. The van der Waals surface area contributed by atoms with Gasteiger partial charge in [-0.1, -0.05) is 35.5 Å². The van der Waals surface area contributed by atoms with Crippen molar-refractivity contribution in [3.05, 3.63) is 70.1 Å². The molecule has 0 spiro atoms. The highest BCUT2D eigenvalue weighted by Crippen LogP contribution is 2.34. The summed E-state index contributed by atoms with van der Waals surface area (Å²) in [6.45, 7) is 3.97. The fourth-order valence-electron chi connectivity index (χ4n) is 3.99. The Hall–Kier alpha value is -3.59. The topological polar surface area (TPSA) is 91.0 Å². The van der Waals surface area contributed by atoms with Gasteiger partial charge in [0.2, 0.25) is 5.91 Å². The molecule has 0 radical (unpaired) electrons. The Morgan fingerprint density at radius 1 is 1.18 bits per heavy atom. The van der Waals surface area contributed by atoms with E-state index in [1.807, 2.05) is 56.3 Å². The molecule has 0 saturated heterocycles. The van der Waals surface area contributed by atoms with Gasteiger partial charge in [-0.15, -0.1) is 0 Å². The molecule has 3 heterocycles.